The minimum atomic E-state index is -0.504. The van der Waals surface area contributed by atoms with E-state index >= 15 is 0 Å². The van der Waals surface area contributed by atoms with Gasteiger partial charge in [0.1, 0.15) is 11.4 Å². The van der Waals surface area contributed by atoms with Crippen molar-refractivity contribution in [3.63, 3.8) is 0 Å². The van der Waals surface area contributed by atoms with Crippen LogP contribution in [0, 0.1) is 0 Å². The Morgan fingerprint density at radius 1 is 1.36 bits per heavy atom. The number of ether oxygens (including phenoxy) is 2. The summed E-state index contributed by atoms with van der Waals surface area (Å²) in [5.41, 5.74) is 6.64. The molecular weight excluding hydrogens is 280 g/mol. The van der Waals surface area contributed by atoms with Crippen molar-refractivity contribution in [2.45, 2.75) is 51.3 Å². The van der Waals surface area contributed by atoms with Crippen LogP contribution in [0.25, 0.3) is 0 Å². The fourth-order valence-electron chi connectivity index (χ4n) is 2.70. The first-order valence-electron chi connectivity index (χ1n) is 7.69. The molecule has 2 atom stereocenters. The van der Waals surface area contributed by atoms with E-state index in [2.05, 4.69) is 0 Å². The van der Waals surface area contributed by atoms with Gasteiger partial charge in [-0.1, -0.05) is 12.1 Å². The van der Waals surface area contributed by atoms with Crippen LogP contribution in [0.4, 0.5) is 4.79 Å². The Bertz CT molecular complexity index is 525. The van der Waals surface area contributed by atoms with Crippen LogP contribution in [0.2, 0.25) is 0 Å². The molecule has 5 heteroatoms. The lowest BCUT2D eigenvalue weighted by Gasteiger charge is -2.39. The first-order valence-corrected chi connectivity index (χ1v) is 7.69. The number of nitrogens with zero attached hydrogens (tertiary/aromatic N) is 1. The van der Waals surface area contributed by atoms with Crippen molar-refractivity contribution in [2.75, 3.05) is 13.7 Å². The first-order chi connectivity index (χ1) is 10.3. The van der Waals surface area contributed by atoms with Gasteiger partial charge in [-0.15, -0.1) is 0 Å². The van der Waals surface area contributed by atoms with Crippen LogP contribution in [0.1, 0.15) is 45.2 Å². The van der Waals surface area contributed by atoms with Gasteiger partial charge in [0.15, 0.2) is 0 Å². The maximum atomic E-state index is 12.5. The van der Waals surface area contributed by atoms with Gasteiger partial charge >= 0.3 is 6.09 Å². The Morgan fingerprint density at radius 2 is 2.09 bits per heavy atom. The average Bonchev–Trinajstić information content (AvgIpc) is 2.45. The van der Waals surface area contributed by atoms with Gasteiger partial charge in [0.25, 0.3) is 0 Å². The van der Waals surface area contributed by atoms with Crippen molar-refractivity contribution in [3.8, 4) is 5.75 Å². The molecule has 0 aliphatic carbocycles. The number of benzene rings is 1. The van der Waals surface area contributed by atoms with Crippen molar-refractivity contribution in [2.24, 2.45) is 5.73 Å². The van der Waals surface area contributed by atoms with Crippen molar-refractivity contribution >= 4 is 6.09 Å². The SMILES string of the molecule is COc1cccc(C2CC(N)CCN2C(=O)OC(C)(C)C)c1. The van der Waals surface area contributed by atoms with Crippen LogP contribution in [-0.2, 0) is 4.74 Å². The van der Waals surface area contributed by atoms with Crippen LogP contribution in [-0.4, -0.2) is 36.3 Å². The summed E-state index contributed by atoms with van der Waals surface area (Å²) in [6.45, 7) is 6.24. The van der Waals surface area contributed by atoms with Gasteiger partial charge in [0.2, 0.25) is 0 Å². The summed E-state index contributed by atoms with van der Waals surface area (Å²) < 4.78 is 10.8. The van der Waals surface area contributed by atoms with Crippen LogP contribution in [0.3, 0.4) is 0 Å². The third kappa shape index (κ3) is 4.13. The smallest absolute Gasteiger partial charge is 0.410 e. The van der Waals surface area contributed by atoms with Gasteiger partial charge in [-0.2, -0.15) is 0 Å². The Balaban J connectivity index is 2.24. The number of amides is 1. The van der Waals surface area contributed by atoms with Crippen LogP contribution >= 0.6 is 0 Å². The number of nitrogens with two attached hydrogens (primary N) is 1. The van der Waals surface area contributed by atoms with Gasteiger partial charge in [0, 0.05) is 12.6 Å². The lowest BCUT2D eigenvalue weighted by molar-refractivity contribution is 0.00794. The number of rotatable bonds is 2. The van der Waals surface area contributed by atoms with Gasteiger partial charge in [-0.25, -0.2) is 4.79 Å². The maximum Gasteiger partial charge on any atom is 0.410 e. The zero-order valence-electron chi connectivity index (χ0n) is 13.8. The molecule has 1 aliphatic heterocycles. The molecule has 0 radical (unpaired) electrons. The summed E-state index contributed by atoms with van der Waals surface area (Å²) in [4.78, 5) is 14.3. The predicted molar refractivity (Wildman–Crippen MR) is 85.9 cm³/mol. The average molecular weight is 306 g/mol. The standard InChI is InChI=1S/C17H26N2O3/c1-17(2,3)22-16(20)19-9-8-13(18)11-15(19)12-6-5-7-14(10-12)21-4/h5-7,10,13,15H,8-9,11,18H2,1-4H3. The first kappa shape index (κ1) is 16.6. The number of methoxy groups -OCH3 is 1. The molecule has 0 saturated carbocycles. The molecule has 2 unspecified atom stereocenters. The van der Waals surface area contributed by atoms with E-state index < -0.39 is 5.60 Å². The molecule has 1 aromatic rings. The molecule has 0 spiro atoms. The number of carbonyl (C=O) groups is 1. The van der Waals surface area contributed by atoms with Gasteiger partial charge < -0.3 is 20.1 Å². The van der Waals surface area contributed by atoms with Crippen molar-refractivity contribution in [3.05, 3.63) is 29.8 Å². The van der Waals surface area contributed by atoms with E-state index in [0.717, 1.165) is 24.2 Å². The number of carbonyl (C=O) groups excluding carboxylic acids is 1. The third-order valence-corrected chi connectivity index (χ3v) is 3.75. The second-order valence-electron chi connectivity index (χ2n) is 6.75. The molecule has 1 aromatic carbocycles. The van der Waals surface area contributed by atoms with Gasteiger partial charge in [0.05, 0.1) is 13.2 Å². The molecule has 122 valence electrons. The Morgan fingerprint density at radius 3 is 2.73 bits per heavy atom. The van der Waals surface area contributed by atoms with E-state index in [1.807, 2.05) is 45.0 Å². The molecule has 1 fully saturated rings. The van der Waals surface area contributed by atoms with E-state index in [1.54, 1.807) is 12.0 Å². The topological polar surface area (TPSA) is 64.8 Å². The molecular formula is C17H26N2O3. The van der Waals surface area contributed by atoms with E-state index in [4.69, 9.17) is 15.2 Å². The lowest BCUT2D eigenvalue weighted by Crippen LogP contribution is -2.46. The molecule has 0 bridgehead atoms. The summed E-state index contributed by atoms with van der Waals surface area (Å²) in [6, 6.07) is 7.80. The second-order valence-corrected chi connectivity index (χ2v) is 6.75. The number of likely N-dealkylation sites (tertiary alicyclic amines) is 1. The molecule has 1 saturated heterocycles. The van der Waals surface area contributed by atoms with Crippen LogP contribution in [0.15, 0.2) is 24.3 Å². The number of hydrogen-bond donors (Lipinski definition) is 1. The molecule has 22 heavy (non-hydrogen) atoms. The number of hydrogen-bond acceptors (Lipinski definition) is 4. The van der Waals surface area contributed by atoms with Crippen molar-refractivity contribution in [1.29, 1.82) is 0 Å². The normalized spacial score (nSPS) is 22.3. The Hall–Kier alpha value is -1.75. The monoisotopic (exact) mass is 306 g/mol. The second kappa shape index (κ2) is 6.57. The summed E-state index contributed by atoms with van der Waals surface area (Å²) in [5, 5.41) is 0. The van der Waals surface area contributed by atoms with Crippen molar-refractivity contribution in [1.82, 2.24) is 4.90 Å². The Kier molecular flexibility index (Phi) is 4.96. The minimum absolute atomic E-state index is 0.0753. The molecule has 1 heterocycles. The highest BCUT2D eigenvalue weighted by Crippen LogP contribution is 2.33. The number of piperidine rings is 1. The molecule has 2 rings (SSSR count). The highest BCUT2D eigenvalue weighted by Gasteiger charge is 2.34. The highest BCUT2D eigenvalue weighted by atomic mass is 16.6. The fourth-order valence-corrected chi connectivity index (χ4v) is 2.70. The largest absolute Gasteiger partial charge is 0.497 e. The summed E-state index contributed by atoms with van der Waals surface area (Å²) in [5.74, 6) is 0.779. The summed E-state index contributed by atoms with van der Waals surface area (Å²) >= 11 is 0. The van der Waals surface area contributed by atoms with Gasteiger partial charge in [-0.05, 0) is 51.3 Å². The molecule has 2 N–H and O–H groups in total. The lowest BCUT2D eigenvalue weighted by atomic mass is 9.92. The maximum absolute atomic E-state index is 12.5. The predicted octanol–water partition coefficient (Wildman–Crippen LogP) is 3.09. The van der Waals surface area contributed by atoms with Crippen molar-refractivity contribution < 1.29 is 14.3 Å². The zero-order chi connectivity index (χ0) is 16.3. The van der Waals surface area contributed by atoms with E-state index in [1.165, 1.54) is 0 Å². The summed E-state index contributed by atoms with van der Waals surface area (Å²) in [7, 11) is 1.64. The van der Waals surface area contributed by atoms with E-state index in [9.17, 15) is 4.79 Å². The highest BCUT2D eigenvalue weighted by molar-refractivity contribution is 5.69. The van der Waals surface area contributed by atoms with Gasteiger partial charge in [-0.3, -0.25) is 0 Å². The zero-order valence-corrected chi connectivity index (χ0v) is 13.8. The van der Waals surface area contributed by atoms with Crippen LogP contribution in [0.5, 0.6) is 5.75 Å². The summed E-state index contributed by atoms with van der Waals surface area (Å²) in [6.07, 6.45) is 1.23. The fraction of sp³-hybridized carbons (Fsp3) is 0.588. The van der Waals surface area contributed by atoms with Crippen LogP contribution < -0.4 is 10.5 Å². The molecule has 5 nitrogen and oxygen atoms in total. The third-order valence-electron chi connectivity index (χ3n) is 3.75. The minimum Gasteiger partial charge on any atom is -0.497 e. The molecule has 0 aromatic heterocycles. The molecule has 1 aliphatic rings. The van der Waals surface area contributed by atoms with E-state index in [0.29, 0.717) is 6.54 Å². The van der Waals surface area contributed by atoms with E-state index in [-0.39, 0.29) is 18.2 Å². The molecule has 1 amide bonds. The quantitative estimate of drug-likeness (QED) is 0.912. The Labute approximate surface area is 132 Å².